The van der Waals surface area contributed by atoms with Crippen LogP contribution >= 0.6 is 0 Å². The Hall–Kier alpha value is -6.51. The number of unbranched alkanes of at least 4 members (excludes halogenated alkanes) is 4. The van der Waals surface area contributed by atoms with E-state index in [1.165, 1.54) is 30.5 Å². The Kier molecular flexibility index (Phi) is 21.4. The van der Waals surface area contributed by atoms with Gasteiger partial charge in [0, 0.05) is 25.7 Å². The highest BCUT2D eigenvalue weighted by molar-refractivity contribution is 5.86. The first-order valence-corrected chi connectivity index (χ1v) is 22.2. The molecule has 0 bridgehead atoms. The molecule has 1 aliphatic heterocycles. The fourth-order valence-electron chi connectivity index (χ4n) is 6.91. The molecule has 1 aliphatic rings. The summed E-state index contributed by atoms with van der Waals surface area (Å²) >= 11 is 0. The molecule has 2 heterocycles. The Morgan fingerprint density at radius 2 is 1.15 bits per heavy atom. The average Bonchev–Trinajstić information content (AvgIpc) is 3.29. The maximum absolute atomic E-state index is 14.4. The van der Waals surface area contributed by atoms with Gasteiger partial charge in [-0.05, 0) is 55.5 Å². The molecule has 0 unspecified atom stereocenters. The van der Waals surface area contributed by atoms with Crippen molar-refractivity contribution in [3.63, 3.8) is 0 Å². The van der Waals surface area contributed by atoms with Crippen LogP contribution in [0.4, 0.5) is 0 Å². The monoisotopic (exact) mass is 930 g/mol. The lowest BCUT2D eigenvalue weighted by atomic mass is 9.88. The summed E-state index contributed by atoms with van der Waals surface area (Å²) in [5.41, 5.74) is -0.260. The van der Waals surface area contributed by atoms with Crippen molar-refractivity contribution in [2.24, 2.45) is 0 Å². The highest BCUT2D eigenvalue weighted by atomic mass is 17.0. The van der Waals surface area contributed by atoms with Gasteiger partial charge in [-0.1, -0.05) is 65.5 Å². The largest absolute Gasteiger partial charge is 0.492 e. The first-order valence-electron chi connectivity index (χ1n) is 22.2. The number of benzene rings is 2. The lowest BCUT2D eigenvalue weighted by Crippen LogP contribution is -2.60. The second-order valence-corrected chi connectivity index (χ2v) is 15.2. The van der Waals surface area contributed by atoms with Crippen molar-refractivity contribution in [1.82, 2.24) is 0 Å². The molecule has 0 aliphatic carbocycles. The number of hydrogen-bond donors (Lipinski definition) is 0. The van der Waals surface area contributed by atoms with Crippen LogP contribution in [0.2, 0.25) is 0 Å². The van der Waals surface area contributed by atoms with Crippen molar-refractivity contribution in [3.8, 4) is 22.6 Å². The molecular formula is C45H58N2O19. The molecule has 1 saturated heterocycles. The molecular weight excluding hydrogens is 872 g/mol. The Morgan fingerprint density at radius 1 is 0.636 bits per heavy atom. The third kappa shape index (κ3) is 15.6. The Morgan fingerprint density at radius 3 is 1.70 bits per heavy atom. The number of rotatable bonds is 29. The van der Waals surface area contributed by atoms with E-state index in [0.29, 0.717) is 62.7 Å². The highest BCUT2D eigenvalue weighted by Gasteiger charge is 2.54. The van der Waals surface area contributed by atoms with Gasteiger partial charge < -0.3 is 47.3 Å². The first-order chi connectivity index (χ1) is 31.8. The molecule has 4 rings (SSSR count). The zero-order chi connectivity index (χ0) is 48.0. The molecule has 21 nitrogen and oxygen atoms in total. The SMILES string of the molecule is CCCCC(=O)OC[C@H]1O[C@@H](c2c(OCCO[N+](=O)[O-])ccc3c(=O)c(-c4ccc(OCCO[N+](=O)[O-])cc4)coc23)[C@H](OC(=O)CCCC)[C@@H](OC(=O)CCCC)[C@@H]1OC(=O)CCCC. The van der Waals surface area contributed by atoms with Crippen LogP contribution in [0.25, 0.3) is 22.1 Å². The highest BCUT2D eigenvalue weighted by Crippen LogP contribution is 2.44. The van der Waals surface area contributed by atoms with Crippen LogP contribution < -0.4 is 14.9 Å². The maximum Gasteiger partial charge on any atom is 0.306 e. The lowest BCUT2D eigenvalue weighted by Gasteiger charge is -2.45. The van der Waals surface area contributed by atoms with Gasteiger partial charge in [-0.15, -0.1) is 20.2 Å². The lowest BCUT2D eigenvalue weighted by molar-refractivity contribution is -0.757. The van der Waals surface area contributed by atoms with Gasteiger partial charge in [0.1, 0.15) is 68.6 Å². The molecule has 0 saturated carbocycles. The normalized spacial score (nSPS) is 17.8. The molecule has 0 spiro atoms. The summed E-state index contributed by atoms with van der Waals surface area (Å²) in [7, 11) is 0. The number of fused-ring (bicyclic) bond motifs is 1. The van der Waals surface area contributed by atoms with Crippen molar-refractivity contribution >= 4 is 34.8 Å². The smallest absolute Gasteiger partial charge is 0.306 e. The Labute approximate surface area is 380 Å². The fourth-order valence-corrected chi connectivity index (χ4v) is 6.91. The van der Waals surface area contributed by atoms with Gasteiger partial charge in [-0.25, -0.2) is 0 Å². The van der Waals surface area contributed by atoms with Crippen molar-refractivity contribution in [3.05, 3.63) is 78.7 Å². The number of carbonyl (C=O) groups excluding carboxylic acids is 4. The van der Waals surface area contributed by atoms with E-state index in [1.807, 2.05) is 27.7 Å². The Bertz CT molecular complexity index is 2140. The van der Waals surface area contributed by atoms with Gasteiger partial charge in [0.2, 0.25) is 5.43 Å². The predicted molar refractivity (Wildman–Crippen MR) is 231 cm³/mol. The number of carbonyl (C=O) groups is 4. The van der Waals surface area contributed by atoms with Gasteiger partial charge in [-0.3, -0.25) is 24.0 Å². The molecule has 5 atom stereocenters. The van der Waals surface area contributed by atoms with Crippen molar-refractivity contribution < 1.29 is 76.6 Å². The van der Waals surface area contributed by atoms with E-state index in [-0.39, 0.29) is 66.7 Å². The van der Waals surface area contributed by atoms with Crippen molar-refractivity contribution in [2.45, 2.75) is 135 Å². The molecule has 0 radical (unpaired) electrons. The fraction of sp³-hybridized carbons (Fsp3) is 0.578. The molecule has 1 fully saturated rings. The average molecular weight is 931 g/mol. The molecule has 1 aromatic heterocycles. The van der Waals surface area contributed by atoms with Gasteiger partial charge >= 0.3 is 23.9 Å². The number of esters is 4. The molecule has 3 aromatic rings. The minimum atomic E-state index is -1.62. The minimum Gasteiger partial charge on any atom is -0.492 e. The standard InChI is InChI=1S/C45H58N2O19/c1-5-9-13-35(48)59-28-34-42(64-36(49)14-10-6-2)44(65-37(50)15-11-7-3)45(66-38(51)16-12-8-4)43(63-34)39-33(58-24-26-62-47(55)56)22-21-31-40(52)32(27-60-41(31)39)29-17-19-30(20-18-29)57-23-25-61-46(53)54/h17-22,27,34,42-45H,5-16,23-26,28H2,1-4H3/t34-,42-,43+,44+,45+/m1/s1. The van der Waals surface area contributed by atoms with Crippen LogP contribution in [0.1, 0.15) is 116 Å². The third-order valence-corrected chi connectivity index (χ3v) is 10.3. The summed E-state index contributed by atoms with van der Waals surface area (Å²) in [5.74, 6) is -2.44. The van der Waals surface area contributed by atoms with Crippen LogP contribution in [0.5, 0.6) is 11.5 Å². The molecule has 362 valence electrons. The van der Waals surface area contributed by atoms with Crippen LogP contribution in [0.15, 0.2) is 51.9 Å². The Balaban J connectivity index is 1.95. The minimum absolute atomic E-state index is 0.0213. The molecule has 21 heteroatoms. The molecule has 0 amide bonds. The van der Waals surface area contributed by atoms with E-state index < -0.39 is 89.8 Å². The quantitative estimate of drug-likeness (QED) is 0.0220. The van der Waals surface area contributed by atoms with Gasteiger partial charge in [0.15, 0.2) is 18.3 Å². The van der Waals surface area contributed by atoms with E-state index in [4.69, 9.17) is 37.6 Å². The second kappa shape index (κ2) is 27.1. The zero-order valence-corrected chi connectivity index (χ0v) is 37.6. The van der Waals surface area contributed by atoms with Gasteiger partial charge in [0.25, 0.3) is 10.2 Å². The van der Waals surface area contributed by atoms with Crippen molar-refractivity contribution in [2.75, 3.05) is 33.0 Å². The topological polar surface area (TPSA) is 268 Å². The molecule has 66 heavy (non-hydrogen) atoms. The van der Waals surface area contributed by atoms with E-state index >= 15 is 0 Å². The number of ether oxygens (including phenoxy) is 7. The summed E-state index contributed by atoms with van der Waals surface area (Å²) in [6.07, 6.45) is -2.11. The summed E-state index contributed by atoms with van der Waals surface area (Å²) in [4.78, 5) is 98.4. The van der Waals surface area contributed by atoms with Crippen LogP contribution in [0.3, 0.4) is 0 Å². The summed E-state index contributed by atoms with van der Waals surface area (Å²) in [6.45, 7) is 5.65. The zero-order valence-electron chi connectivity index (χ0n) is 37.6. The van der Waals surface area contributed by atoms with E-state index in [2.05, 4.69) is 9.68 Å². The summed E-state index contributed by atoms with van der Waals surface area (Å²) in [5, 5.41) is 19.5. The van der Waals surface area contributed by atoms with Crippen LogP contribution in [-0.4, -0.2) is 91.5 Å². The first kappa shape index (κ1) is 52.1. The van der Waals surface area contributed by atoms with Crippen LogP contribution in [0, 0.1) is 20.2 Å². The van der Waals surface area contributed by atoms with Gasteiger partial charge in [-0.2, -0.15) is 0 Å². The third-order valence-electron chi connectivity index (χ3n) is 10.3. The second-order valence-electron chi connectivity index (χ2n) is 15.2. The van der Waals surface area contributed by atoms with Crippen molar-refractivity contribution in [1.29, 1.82) is 0 Å². The molecule has 2 aromatic carbocycles. The van der Waals surface area contributed by atoms with E-state index in [9.17, 15) is 44.2 Å². The number of hydrogen-bond acceptors (Lipinski definition) is 19. The number of nitrogens with zero attached hydrogens (tertiary/aromatic N) is 2. The van der Waals surface area contributed by atoms with Crippen LogP contribution in [-0.2, 0) is 52.5 Å². The summed E-state index contributed by atoms with van der Waals surface area (Å²) < 4.78 is 48.4. The maximum atomic E-state index is 14.4. The van der Waals surface area contributed by atoms with E-state index in [0.717, 1.165) is 0 Å². The van der Waals surface area contributed by atoms with Gasteiger partial charge in [0.05, 0.1) is 16.5 Å². The predicted octanol–water partition coefficient (Wildman–Crippen LogP) is 7.11. The molecule has 0 N–H and O–H groups in total. The van der Waals surface area contributed by atoms with E-state index in [1.54, 1.807) is 12.1 Å². The summed E-state index contributed by atoms with van der Waals surface area (Å²) in [6, 6.07) is 8.98.